The van der Waals surface area contributed by atoms with Gasteiger partial charge in [0.1, 0.15) is 6.10 Å². The van der Waals surface area contributed by atoms with E-state index in [2.05, 4.69) is 0 Å². The van der Waals surface area contributed by atoms with Crippen LogP contribution < -0.4 is 0 Å². The molecule has 1 saturated heterocycles. The van der Waals surface area contributed by atoms with Crippen LogP contribution in [0.3, 0.4) is 0 Å². The topological polar surface area (TPSA) is 46.7 Å². The number of Topliss-reactive ketones (excluding diaryl/α,β-unsaturated/α-hetero) is 2. The summed E-state index contributed by atoms with van der Waals surface area (Å²) in [6.45, 7) is 1.88. The van der Waals surface area contributed by atoms with Crippen LogP contribution in [0.2, 0.25) is 10.0 Å². The van der Waals surface area contributed by atoms with Crippen LogP contribution in [0.4, 0.5) is 0 Å². The van der Waals surface area contributed by atoms with Crippen molar-refractivity contribution in [2.45, 2.75) is 18.6 Å². The zero-order chi connectivity index (χ0) is 15.6. The van der Waals surface area contributed by atoms with Crippen LogP contribution in [0.1, 0.15) is 37.9 Å². The molecule has 1 aliphatic heterocycles. The van der Waals surface area contributed by atoms with Gasteiger partial charge in [-0.1, -0.05) is 47.0 Å². The van der Waals surface area contributed by atoms with Gasteiger partial charge in [0.05, 0.1) is 10.0 Å². The van der Waals surface area contributed by atoms with Crippen molar-refractivity contribution in [2.75, 3.05) is 0 Å². The normalized spacial score (nSPS) is 25.7. The fraction of sp³-hybridized carbons (Fsp3) is 0.176. The van der Waals surface area contributed by atoms with Gasteiger partial charge in [0.15, 0.2) is 0 Å². The van der Waals surface area contributed by atoms with Crippen molar-refractivity contribution < 1.29 is 14.3 Å². The van der Waals surface area contributed by atoms with E-state index in [0.717, 1.165) is 5.56 Å². The molecule has 0 aromatic heterocycles. The molecule has 1 heterocycles. The Morgan fingerprint density at radius 2 is 1.68 bits per heavy atom. The highest BCUT2D eigenvalue weighted by atomic mass is 35.5. The fourth-order valence-corrected chi connectivity index (χ4v) is 3.33. The highest BCUT2D eigenvalue weighted by Crippen LogP contribution is 2.57. The predicted octanol–water partition coefficient (Wildman–Crippen LogP) is 4.19. The number of fused-ring (bicyclic) bond motifs is 1. The molecule has 0 radical (unpaired) electrons. The molecule has 2 aromatic carbocycles. The Balaban J connectivity index is 1.78. The van der Waals surface area contributed by atoms with E-state index in [1.807, 2.05) is 13.0 Å². The predicted molar refractivity (Wildman–Crippen MR) is 82.9 cm³/mol. The van der Waals surface area contributed by atoms with Crippen LogP contribution in [-0.2, 0) is 4.74 Å². The van der Waals surface area contributed by atoms with Crippen molar-refractivity contribution in [2.24, 2.45) is 0 Å². The van der Waals surface area contributed by atoms with E-state index in [-0.39, 0.29) is 11.6 Å². The Morgan fingerprint density at radius 1 is 0.955 bits per heavy atom. The molecule has 0 N–H and O–H groups in total. The zero-order valence-electron chi connectivity index (χ0n) is 11.5. The molecule has 4 rings (SSSR count). The van der Waals surface area contributed by atoms with Crippen LogP contribution in [-0.4, -0.2) is 17.2 Å². The summed E-state index contributed by atoms with van der Waals surface area (Å²) in [5.41, 5.74) is 1.07. The van der Waals surface area contributed by atoms with Gasteiger partial charge in [-0.05, 0) is 30.7 Å². The lowest BCUT2D eigenvalue weighted by Crippen LogP contribution is -2.27. The maximum atomic E-state index is 12.7. The molecular weight excluding hydrogens is 323 g/mol. The SMILES string of the molecule is Cc1ccc2c(c1)C(=O)[C@@]1(O[C@H]1c1ccc(Cl)c(Cl)c1)C2=O. The Morgan fingerprint density at radius 3 is 2.41 bits per heavy atom. The Bertz CT molecular complexity index is 859. The molecule has 110 valence electrons. The Kier molecular flexibility index (Phi) is 2.80. The van der Waals surface area contributed by atoms with Gasteiger partial charge in [-0.25, -0.2) is 0 Å². The second-order valence-electron chi connectivity index (χ2n) is 5.61. The molecule has 2 aliphatic rings. The molecule has 22 heavy (non-hydrogen) atoms. The van der Waals surface area contributed by atoms with Crippen molar-refractivity contribution in [3.8, 4) is 0 Å². The number of epoxide rings is 1. The Hall–Kier alpha value is -1.68. The fourth-order valence-electron chi connectivity index (χ4n) is 3.02. The molecule has 3 nitrogen and oxygen atoms in total. The quantitative estimate of drug-likeness (QED) is 0.581. The van der Waals surface area contributed by atoms with Crippen LogP contribution >= 0.6 is 23.2 Å². The average Bonchev–Trinajstić information content (AvgIpc) is 3.21. The van der Waals surface area contributed by atoms with Crippen LogP contribution in [0.5, 0.6) is 0 Å². The Labute approximate surface area is 136 Å². The molecule has 1 spiro atoms. The van der Waals surface area contributed by atoms with Gasteiger partial charge < -0.3 is 4.74 Å². The first-order chi connectivity index (χ1) is 10.4. The summed E-state index contributed by atoms with van der Waals surface area (Å²) in [5, 5.41) is 0.791. The van der Waals surface area contributed by atoms with Gasteiger partial charge in [-0.15, -0.1) is 0 Å². The van der Waals surface area contributed by atoms with Crippen molar-refractivity contribution in [3.63, 3.8) is 0 Å². The second kappa shape index (κ2) is 4.42. The number of halogens is 2. The minimum absolute atomic E-state index is 0.271. The van der Waals surface area contributed by atoms with Crippen molar-refractivity contribution in [1.29, 1.82) is 0 Å². The average molecular weight is 333 g/mol. The monoisotopic (exact) mass is 332 g/mol. The highest BCUT2D eigenvalue weighted by Gasteiger charge is 2.72. The first kappa shape index (κ1) is 13.9. The maximum absolute atomic E-state index is 12.7. The van der Waals surface area contributed by atoms with Crippen molar-refractivity contribution >= 4 is 34.8 Å². The van der Waals surface area contributed by atoms with Gasteiger partial charge >= 0.3 is 0 Å². The molecular formula is C17H10Cl2O3. The van der Waals surface area contributed by atoms with E-state index in [0.29, 0.717) is 26.7 Å². The highest BCUT2D eigenvalue weighted by molar-refractivity contribution is 6.42. The number of ketones is 2. The number of hydrogen-bond donors (Lipinski definition) is 0. The van der Waals surface area contributed by atoms with Gasteiger partial charge in [0.2, 0.25) is 17.2 Å². The van der Waals surface area contributed by atoms with Gasteiger partial charge in [-0.3, -0.25) is 9.59 Å². The minimum atomic E-state index is -1.41. The smallest absolute Gasteiger partial charge is 0.224 e. The first-order valence-corrected chi connectivity index (χ1v) is 7.54. The lowest BCUT2D eigenvalue weighted by Gasteiger charge is -2.02. The number of carbonyl (C=O) groups excluding carboxylic acids is 2. The third kappa shape index (κ3) is 1.67. The van der Waals surface area contributed by atoms with Gasteiger partial charge in [-0.2, -0.15) is 0 Å². The summed E-state index contributed by atoms with van der Waals surface area (Å²) >= 11 is 11.9. The number of aryl methyl sites for hydroxylation is 1. The maximum Gasteiger partial charge on any atom is 0.224 e. The van der Waals surface area contributed by atoms with E-state index < -0.39 is 11.7 Å². The van der Waals surface area contributed by atoms with Crippen LogP contribution in [0, 0.1) is 6.92 Å². The van der Waals surface area contributed by atoms with E-state index in [1.165, 1.54) is 0 Å². The lowest BCUT2D eigenvalue weighted by atomic mass is 9.95. The summed E-state index contributed by atoms with van der Waals surface area (Å²) in [7, 11) is 0. The van der Waals surface area contributed by atoms with Gasteiger partial charge in [0.25, 0.3) is 0 Å². The zero-order valence-corrected chi connectivity index (χ0v) is 13.0. The molecule has 1 aliphatic carbocycles. The molecule has 1 fully saturated rings. The largest absolute Gasteiger partial charge is 0.344 e. The van der Waals surface area contributed by atoms with E-state index in [9.17, 15) is 9.59 Å². The summed E-state index contributed by atoms with van der Waals surface area (Å²) in [6, 6.07) is 10.2. The summed E-state index contributed by atoms with van der Waals surface area (Å²) < 4.78 is 5.59. The second-order valence-corrected chi connectivity index (χ2v) is 6.43. The molecule has 5 heteroatoms. The third-order valence-electron chi connectivity index (χ3n) is 4.20. The summed E-state index contributed by atoms with van der Waals surface area (Å²) in [5.74, 6) is -0.546. The number of ether oxygens (including phenoxy) is 1. The first-order valence-electron chi connectivity index (χ1n) is 6.78. The number of hydrogen-bond acceptors (Lipinski definition) is 3. The van der Waals surface area contributed by atoms with Crippen LogP contribution in [0.15, 0.2) is 36.4 Å². The molecule has 0 saturated carbocycles. The summed E-state index contributed by atoms with van der Waals surface area (Å²) in [4.78, 5) is 25.3. The van der Waals surface area contributed by atoms with Crippen molar-refractivity contribution in [1.82, 2.24) is 0 Å². The molecule has 0 unspecified atom stereocenters. The van der Waals surface area contributed by atoms with E-state index in [1.54, 1.807) is 30.3 Å². The number of carbonyl (C=O) groups is 2. The van der Waals surface area contributed by atoms with Crippen molar-refractivity contribution in [3.05, 3.63) is 68.7 Å². The third-order valence-corrected chi connectivity index (χ3v) is 4.94. The lowest BCUT2D eigenvalue weighted by molar-refractivity contribution is 0.0785. The number of benzene rings is 2. The van der Waals surface area contributed by atoms with E-state index in [4.69, 9.17) is 27.9 Å². The van der Waals surface area contributed by atoms with Gasteiger partial charge in [0, 0.05) is 11.1 Å². The molecule has 0 bridgehead atoms. The molecule has 0 amide bonds. The molecule has 2 aromatic rings. The molecule has 2 atom stereocenters. The van der Waals surface area contributed by atoms with Crippen LogP contribution in [0.25, 0.3) is 0 Å². The standard InChI is InChI=1S/C17H10Cl2O3/c1-8-2-4-10-11(6-8)15(21)17(14(10)20)16(22-17)9-3-5-12(18)13(19)7-9/h2-7,16H,1H3/t16-,17-/m0/s1. The summed E-state index contributed by atoms with van der Waals surface area (Å²) in [6.07, 6.45) is -0.602. The number of rotatable bonds is 1. The minimum Gasteiger partial charge on any atom is -0.344 e. The van der Waals surface area contributed by atoms with E-state index >= 15 is 0 Å².